The Morgan fingerprint density at radius 3 is 2.61 bits per heavy atom. The van der Waals surface area contributed by atoms with Crippen molar-refractivity contribution in [3.63, 3.8) is 0 Å². The molecule has 2 aromatic heterocycles. The van der Waals surface area contributed by atoms with Gasteiger partial charge in [-0.05, 0) is 45.8 Å². The molecule has 4 rings (SSSR count). The number of halogens is 3. The van der Waals surface area contributed by atoms with Crippen LogP contribution in [-0.2, 0) is 13.1 Å². The van der Waals surface area contributed by atoms with Gasteiger partial charge in [-0.2, -0.15) is 0 Å². The van der Waals surface area contributed by atoms with Gasteiger partial charge >= 0.3 is 0 Å². The maximum atomic E-state index is 14.2. The highest BCUT2D eigenvalue weighted by Crippen LogP contribution is 2.34. The summed E-state index contributed by atoms with van der Waals surface area (Å²) >= 11 is 5.04. The number of carbonyl (C=O) groups excluding carboxylic acids is 1. The average molecular weight is 461 g/mol. The van der Waals surface area contributed by atoms with Gasteiger partial charge in [-0.1, -0.05) is 30.3 Å². The molecule has 0 unspecified atom stereocenters. The maximum Gasteiger partial charge on any atom is 0.268 e. The molecular weight excluding hydrogens is 446 g/mol. The second-order valence-electron chi connectivity index (χ2n) is 6.31. The number of aromatic nitrogens is 1. The lowest BCUT2D eigenvalue weighted by atomic mass is 10.2. The Hall–Kier alpha value is -2.51. The molecule has 0 aliphatic rings. The van der Waals surface area contributed by atoms with E-state index in [1.807, 2.05) is 16.0 Å². The summed E-state index contributed by atoms with van der Waals surface area (Å²) in [6.07, 6.45) is 0. The van der Waals surface area contributed by atoms with Crippen LogP contribution in [0.25, 0.3) is 10.2 Å². The predicted octanol–water partition coefficient (Wildman–Crippen LogP) is 5.72. The number of carbonyl (C=O) groups is 1. The molecule has 0 atom stereocenters. The molecule has 1 N–H and O–H groups in total. The Balaban J connectivity index is 1.65. The van der Waals surface area contributed by atoms with Gasteiger partial charge in [-0.15, -0.1) is 11.3 Å². The minimum atomic E-state index is -0.320. The van der Waals surface area contributed by atoms with Crippen LogP contribution in [0, 0.1) is 11.6 Å². The second kappa shape index (κ2) is 7.85. The van der Waals surface area contributed by atoms with E-state index in [-0.39, 0.29) is 30.6 Å². The van der Waals surface area contributed by atoms with Crippen molar-refractivity contribution in [1.82, 2.24) is 9.88 Å². The fraction of sp³-hybridized carbons (Fsp3) is 0.0952. The number of amides is 1. The molecule has 0 aliphatic carbocycles. The molecule has 4 aromatic rings. The molecule has 0 fully saturated rings. The molecule has 0 saturated heterocycles. The first-order valence-electron chi connectivity index (χ1n) is 8.55. The molecule has 0 aliphatic heterocycles. The van der Waals surface area contributed by atoms with Crippen LogP contribution in [0.3, 0.4) is 0 Å². The van der Waals surface area contributed by atoms with E-state index in [4.69, 9.17) is 0 Å². The zero-order valence-electron chi connectivity index (χ0n) is 14.6. The molecule has 142 valence electrons. The lowest BCUT2D eigenvalue weighted by Gasteiger charge is -2.12. The predicted molar refractivity (Wildman–Crippen MR) is 111 cm³/mol. The van der Waals surface area contributed by atoms with E-state index in [1.165, 1.54) is 29.5 Å². The van der Waals surface area contributed by atoms with Gasteiger partial charge in [0.05, 0.1) is 21.2 Å². The van der Waals surface area contributed by atoms with Crippen LogP contribution < -0.4 is 5.32 Å². The lowest BCUT2D eigenvalue weighted by Crippen LogP contribution is -2.25. The molecule has 0 saturated carbocycles. The van der Waals surface area contributed by atoms with Gasteiger partial charge < -0.3 is 9.88 Å². The summed E-state index contributed by atoms with van der Waals surface area (Å²) in [6.45, 7) is 0.517. The number of thiophene rings is 1. The van der Waals surface area contributed by atoms with Crippen LogP contribution in [0.5, 0.6) is 0 Å². The van der Waals surface area contributed by atoms with Crippen LogP contribution in [0.15, 0.2) is 64.5 Å². The number of fused-ring (bicyclic) bond motifs is 1. The quantitative estimate of drug-likeness (QED) is 0.405. The monoisotopic (exact) mass is 460 g/mol. The molecule has 0 bridgehead atoms. The van der Waals surface area contributed by atoms with Crippen molar-refractivity contribution in [3.05, 3.63) is 92.9 Å². The lowest BCUT2D eigenvalue weighted by molar-refractivity contribution is 0.0942. The number of benzene rings is 2. The third-order valence-electron chi connectivity index (χ3n) is 4.46. The van der Waals surface area contributed by atoms with Crippen LogP contribution in [-0.4, -0.2) is 10.5 Å². The van der Waals surface area contributed by atoms with Crippen LogP contribution in [0.4, 0.5) is 8.78 Å². The van der Waals surface area contributed by atoms with Gasteiger partial charge in [-0.3, -0.25) is 4.79 Å². The molecule has 0 radical (unpaired) electrons. The number of hydrogen-bond donors (Lipinski definition) is 1. The molecule has 1 amide bonds. The summed E-state index contributed by atoms with van der Waals surface area (Å²) in [5, 5.41) is 4.81. The van der Waals surface area contributed by atoms with Crippen LogP contribution in [0.2, 0.25) is 0 Å². The number of hydrogen-bond acceptors (Lipinski definition) is 2. The standard InChI is InChI=1S/C21H15BrF2N2OS/c22-16-12-28-19-9-18(21(27)25-10-13-5-7-15(23)8-6-13)26(20(16)19)11-14-3-1-2-4-17(14)24/h1-9,12H,10-11H2,(H,25,27). The first-order valence-corrected chi connectivity index (χ1v) is 10.2. The van der Waals surface area contributed by atoms with Crippen molar-refractivity contribution in [2.75, 3.05) is 0 Å². The minimum absolute atomic E-state index is 0.241. The van der Waals surface area contributed by atoms with Crippen molar-refractivity contribution >= 4 is 43.4 Å². The summed E-state index contributed by atoms with van der Waals surface area (Å²) in [7, 11) is 0. The van der Waals surface area contributed by atoms with E-state index in [1.54, 1.807) is 30.3 Å². The highest BCUT2D eigenvalue weighted by molar-refractivity contribution is 9.10. The largest absolute Gasteiger partial charge is 0.347 e. The van der Waals surface area contributed by atoms with E-state index in [0.29, 0.717) is 11.3 Å². The molecule has 3 nitrogen and oxygen atoms in total. The Bertz CT molecular complexity index is 1150. The SMILES string of the molecule is O=C(NCc1ccc(F)cc1)c1cc2scc(Br)c2n1Cc1ccccc1F. The van der Waals surface area contributed by atoms with E-state index in [0.717, 1.165) is 20.3 Å². The Morgan fingerprint density at radius 2 is 1.86 bits per heavy atom. The van der Waals surface area contributed by atoms with E-state index in [9.17, 15) is 13.6 Å². The van der Waals surface area contributed by atoms with Gasteiger partial charge in [0.25, 0.3) is 5.91 Å². The van der Waals surface area contributed by atoms with E-state index >= 15 is 0 Å². The zero-order chi connectivity index (χ0) is 19.7. The van der Waals surface area contributed by atoms with Crippen LogP contribution in [0.1, 0.15) is 21.6 Å². The number of nitrogens with one attached hydrogen (secondary N) is 1. The topological polar surface area (TPSA) is 34.0 Å². The third-order valence-corrected chi connectivity index (χ3v) is 6.29. The summed E-state index contributed by atoms with van der Waals surface area (Å²) < 4.78 is 30.8. The molecule has 0 spiro atoms. The van der Waals surface area contributed by atoms with Crippen molar-refractivity contribution in [3.8, 4) is 0 Å². The van der Waals surface area contributed by atoms with E-state index in [2.05, 4.69) is 21.2 Å². The smallest absolute Gasteiger partial charge is 0.268 e. The molecule has 2 heterocycles. The molecular formula is C21H15BrF2N2OS. The zero-order valence-corrected chi connectivity index (χ0v) is 17.0. The molecule has 2 aromatic carbocycles. The minimum Gasteiger partial charge on any atom is -0.347 e. The van der Waals surface area contributed by atoms with E-state index < -0.39 is 0 Å². The Labute approximate surface area is 172 Å². The summed E-state index contributed by atoms with van der Waals surface area (Å²) in [6, 6.07) is 14.3. The van der Waals surface area contributed by atoms with Gasteiger partial charge in [0.15, 0.2) is 0 Å². The number of nitrogens with zero attached hydrogens (tertiary/aromatic N) is 1. The fourth-order valence-electron chi connectivity index (χ4n) is 3.06. The van der Waals surface area contributed by atoms with Crippen LogP contribution >= 0.6 is 27.3 Å². The Kier molecular flexibility index (Phi) is 5.28. The Morgan fingerprint density at radius 1 is 1.11 bits per heavy atom. The first-order chi connectivity index (χ1) is 13.5. The summed E-state index contributed by atoms with van der Waals surface area (Å²) in [5.74, 6) is -0.900. The maximum absolute atomic E-state index is 14.2. The van der Waals surface area contributed by atoms with Gasteiger partial charge in [0, 0.05) is 17.5 Å². The average Bonchev–Trinajstić information content (AvgIpc) is 3.23. The van der Waals surface area contributed by atoms with Crippen molar-refractivity contribution in [2.45, 2.75) is 13.1 Å². The fourth-order valence-corrected chi connectivity index (χ4v) is 4.75. The van der Waals surface area contributed by atoms with Crippen molar-refractivity contribution in [2.24, 2.45) is 0 Å². The molecule has 28 heavy (non-hydrogen) atoms. The van der Waals surface area contributed by atoms with Gasteiger partial charge in [0.2, 0.25) is 0 Å². The second-order valence-corrected chi connectivity index (χ2v) is 8.08. The van der Waals surface area contributed by atoms with Crippen molar-refractivity contribution in [1.29, 1.82) is 0 Å². The molecule has 7 heteroatoms. The van der Waals surface area contributed by atoms with Gasteiger partial charge in [-0.25, -0.2) is 8.78 Å². The normalized spacial score (nSPS) is 11.1. The highest BCUT2D eigenvalue weighted by atomic mass is 79.9. The van der Waals surface area contributed by atoms with Crippen molar-refractivity contribution < 1.29 is 13.6 Å². The van der Waals surface area contributed by atoms with Gasteiger partial charge in [0.1, 0.15) is 17.3 Å². The summed E-state index contributed by atoms with van der Waals surface area (Å²) in [5.41, 5.74) is 2.61. The third kappa shape index (κ3) is 3.72. The summed E-state index contributed by atoms with van der Waals surface area (Å²) in [4.78, 5) is 12.8. The first kappa shape index (κ1) is 18.8. The highest BCUT2D eigenvalue weighted by Gasteiger charge is 2.19. The number of rotatable bonds is 5.